The molecular weight excluding hydrogens is 458 g/mol. The molecule has 182 valence electrons. The fourth-order valence-corrected chi connectivity index (χ4v) is 3.96. The molecule has 2 aliphatic rings. The second-order valence-corrected chi connectivity index (χ2v) is 7.90. The Morgan fingerprint density at radius 2 is 1.86 bits per heavy atom. The summed E-state index contributed by atoms with van der Waals surface area (Å²) in [5, 5.41) is 14.3. The molecule has 0 spiro atoms. The first-order chi connectivity index (χ1) is 16.9. The minimum Gasteiger partial charge on any atom is -0.491 e. The second kappa shape index (κ2) is 10.3. The lowest BCUT2D eigenvalue weighted by Crippen LogP contribution is -2.54. The Kier molecular flexibility index (Phi) is 7.06. The van der Waals surface area contributed by atoms with Gasteiger partial charge in [-0.3, -0.25) is 29.4 Å². The normalized spacial score (nSPS) is 17.3. The van der Waals surface area contributed by atoms with Crippen LogP contribution in [0, 0.1) is 0 Å². The summed E-state index contributed by atoms with van der Waals surface area (Å²) in [6, 6.07) is 9.95. The molecule has 0 saturated carbocycles. The number of imide groups is 2. The molecule has 1 saturated heterocycles. The molecule has 1 atom stereocenters. The van der Waals surface area contributed by atoms with Crippen LogP contribution in [0.3, 0.4) is 0 Å². The minimum atomic E-state index is -1.04. The summed E-state index contributed by atoms with van der Waals surface area (Å²) in [7, 11) is 0. The number of hydrogen-bond donors (Lipinski definition) is 3. The van der Waals surface area contributed by atoms with Gasteiger partial charge in [0.1, 0.15) is 18.4 Å². The maximum absolute atomic E-state index is 13.0. The van der Waals surface area contributed by atoms with Crippen molar-refractivity contribution >= 4 is 35.3 Å². The monoisotopic (exact) mass is 481 g/mol. The minimum absolute atomic E-state index is 0.0565. The molecule has 11 nitrogen and oxygen atoms in total. The molecule has 4 rings (SSSR count). The molecule has 2 aromatic rings. The van der Waals surface area contributed by atoms with Gasteiger partial charge in [-0.05, 0) is 36.8 Å². The van der Waals surface area contributed by atoms with E-state index in [2.05, 4.69) is 10.6 Å². The quantitative estimate of drug-likeness (QED) is 0.337. The number of ether oxygens (including phenoxy) is 2. The zero-order valence-corrected chi connectivity index (χ0v) is 18.6. The fraction of sp³-hybridized carbons (Fsp3) is 0.292. The lowest BCUT2D eigenvalue weighted by molar-refractivity contribution is -0.136. The van der Waals surface area contributed by atoms with E-state index >= 15 is 0 Å². The van der Waals surface area contributed by atoms with Crippen molar-refractivity contribution in [1.82, 2.24) is 10.2 Å². The molecule has 2 aromatic carbocycles. The Bertz CT molecular complexity index is 1200. The van der Waals surface area contributed by atoms with Crippen molar-refractivity contribution in [2.75, 3.05) is 31.7 Å². The smallest absolute Gasteiger partial charge is 0.335 e. The van der Waals surface area contributed by atoms with Crippen LogP contribution in [0.25, 0.3) is 0 Å². The number of piperidine rings is 1. The summed E-state index contributed by atoms with van der Waals surface area (Å²) in [4.78, 5) is 61.4. The highest BCUT2D eigenvalue weighted by Crippen LogP contribution is 2.32. The third-order valence-corrected chi connectivity index (χ3v) is 5.61. The number of benzene rings is 2. The molecule has 0 aliphatic carbocycles. The summed E-state index contributed by atoms with van der Waals surface area (Å²) in [6.07, 6.45) is 0.149. The maximum Gasteiger partial charge on any atom is 0.335 e. The van der Waals surface area contributed by atoms with E-state index in [1.807, 2.05) is 0 Å². The molecule has 0 bridgehead atoms. The van der Waals surface area contributed by atoms with Crippen molar-refractivity contribution in [3.63, 3.8) is 0 Å². The molecule has 2 aliphatic heterocycles. The SMILES string of the molecule is O=C1CCC(N2C(=O)c3cccc(NCCOCCOc4cccc(C(=O)O)c4)c3C2=O)C(=O)N1. The van der Waals surface area contributed by atoms with Gasteiger partial charge in [0.05, 0.1) is 29.9 Å². The number of anilines is 1. The van der Waals surface area contributed by atoms with Crippen LogP contribution in [-0.2, 0) is 14.3 Å². The Balaban J connectivity index is 1.28. The van der Waals surface area contributed by atoms with Crippen molar-refractivity contribution in [2.24, 2.45) is 0 Å². The lowest BCUT2D eigenvalue weighted by Gasteiger charge is -2.27. The Morgan fingerprint density at radius 1 is 1.06 bits per heavy atom. The lowest BCUT2D eigenvalue weighted by atomic mass is 10.0. The highest BCUT2D eigenvalue weighted by Gasteiger charge is 2.45. The third-order valence-electron chi connectivity index (χ3n) is 5.61. The Hall–Kier alpha value is -4.25. The van der Waals surface area contributed by atoms with Gasteiger partial charge < -0.3 is 19.9 Å². The summed E-state index contributed by atoms with van der Waals surface area (Å²) in [5.74, 6) is -2.84. The number of rotatable bonds is 10. The molecule has 3 N–H and O–H groups in total. The number of carbonyl (C=O) groups is 5. The van der Waals surface area contributed by atoms with E-state index in [9.17, 15) is 24.0 Å². The molecule has 35 heavy (non-hydrogen) atoms. The predicted molar refractivity (Wildman–Crippen MR) is 121 cm³/mol. The summed E-state index contributed by atoms with van der Waals surface area (Å²) in [6.45, 7) is 1.09. The number of carboxylic acid groups (broad SMARTS) is 1. The van der Waals surface area contributed by atoms with Crippen molar-refractivity contribution in [3.8, 4) is 5.75 Å². The van der Waals surface area contributed by atoms with Crippen LogP contribution in [0.15, 0.2) is 42.5 Å². The molecule has 2 heterocycles. The van der Waals surface area contributed by atoms with Crippen LogP contribution in [0.2, 0.25) is 0 Å². The molecule has 11 heteroatoms. The van der Waals surface area contributed by atoms with Gasteiger partial charge >= 0.3 is 5.97 Å². The first kappa shape index (κ1) is 23.9. The highest BCUT2D eigenvalue weighted by molar-refractivity contribution is 6.25. The molecular formula is C24H23N3O8. The predicted octanol–water partition coefficient (Wildman–Crippen LogP) is 1.29. The average Bonchev–Trinajstić information content (AvgIpc) is 3.09. The van der Waals surface area contributed by atoms with Crippen molar-refractivity contribution in [1.29, 1.82) is 0 Å². The van der Waals surface area contributed by atoms with Gasteiger partial charge in [-0.15, -0.1) is 0 Å². The number of nitrogens with one attached hydrogen (secondary N) is 2. The number of carboxylic acids is 1. The van der Waals surface area contributed by atoms with E-state index in [4.69, 9.17) is 14.6 Å². The number of aromatic carboxylic acids is 1. The summed E-state index contributed by atoms with van der Waals surface area (Å²) < 4.78 is 11.0. The van der Waals surface area contributed by atoms with E-state index in [1.165, 1.54) is 18.2 Å². The van der Waals surface area contributed by atoms with Crippen molar-refractivity contribution in [2.45, 2.75) is 18.9 Å². The highest BCUT2D eigenvalue weighted by atomic mass is 16.5. The number of hydrogen-bond acceptors (Lipinski definition) is 8. The van der Waals surface area contributed by atoms with E-state index in [0.29, 0.717) is 18.0 Å². The zero-order valence-electron chi connectivity index (χ0n) is 18.6. The number of fused-ring (bicyclic) bond motifs is 1. The Morgan fingerprint density at radius 3 is 2.63 bits per heavy atom. The van der Waals surface area contributed by atoms with Crippen LogP contribution in [0.4, 0.5) is 5.69 Å². The summed E-state index contributed by atoms with van der Waals surface area (Å²) in [5.41, 5.74) is 0.958. The molecule has 0 radical (unpaired) electrons. The van der Waals surface area contributed by atoms with E-state index in [1.54, 1.807) is 24.3 Å². The second-order valence-electron chi connectivity index (χ2n) is 7.90. The molecule has 0 aromatic heterocycles. The van der Waals surface area contributed by atoms with Crippen molar-refractivity contribution in [3.05, 3.63) is 59.2 Å². The largest absolute Gasteiger partial charge is 0.491 e. The topological polar surface area (TPSA) is 151 Å². The van der Waals surface area contributed by atoms with Crippen LogP contribution < -0.4 is 15.4 Å². The first-order valence-electron chi connectivity index (χ1n) is 11.0. The standard InChI is InChI=1S/C24H23N3O8/c28-19-8-7-18(21(29)26-19)27-22(30)16-5-2-6-17(20(16)23(27)31)25-9-10-34-11-12-35-15-4-1-3-14(13-15)24(32)33/h1-6,13,18,25H,7-12H2,(H,32,33)(H,26,28,29). The molecule has 1 unspecified atom stereocenters. The van der Waals surface area contributed by atoms with Gasteiger partial charge in [0.25, 0.3) is 11.8 Å². The van der Waals surface area contributed by atoms with E-state index in [-0.39, 0.29) is 49.4 Å². The third kappa shape index (κ3) is 5.14. The number of nitrogens with zero attached hydrogens (tertiary/aromatic N) is 1. The average molecular weight is 481 g/mol. The number of carbonyl (C=O) groups excluding carboxylic acids is 4. The van der Waals surface area contributed by atoms with Crippen LogP contribution in [-0.4, -0.2) is 72.0 Å². The molecule has 4 amide bonds. The van der Waals surface area contributed by atoms with Crippen LogP contribution in [0.5, 0.6) is 5.75 Å². The number of amides is 4. The van der Waals surface area contributed by atoms with E-state index < -0.39 is 35.6 Å². The van der Waals surface area contributed by atoms with Crippen LogP contribution in [0.1, 0.15) is 43.9 Å². The summed E-state index contributed by atoms with van der Waals surface area (Å²) >= 11 is 0. The van der Waals surface area contributed by atoms with Gasteiger partial charge in [-0.1, -0.05) is 12.1 Å². The van der Waals surface area contributed by atoms with Gasteiger partial charge in [-0.2, -0.15) is 0 Å². The maximum atomic E-state index is 13.0. The van der Waals surface area contributed by atoms with Gasteiger partial charge in [0.15, 0.2) is 0 Å². The van der Waals surface area contributed by atoms with Gasteiger partial charge in [0.2, 0.25) is 11.8 Å². The fourth-order valence-electron chi connectivity index (χ4n) is 3.96. The van der Waals surface area contributed by atoms with Crippen LogP contribution >= 0.6 is 0 Å². The first-order valence-corrected chi connectivity index (χ1v) is 11.0. The van der Waals surface area contributed by atoms with Gasteiger partial charge in [0, 0.05) is 18.7 Å². The zero-order chi connectivity index (χ0) is 24.9. The Labute approximate surface area is 200 Å². The van der Waals surface area contributed by atoms with Gasteiger partial charge in [-0.25, -0.2) is 4.79 Å². The molecule has 1 fully saturated rings. The van der Waals surface area contributed by atoms with E-state index in [0.717, 1.165) is 4.90 Å². The van der Waals surface area contributed by atoms with Crippen molar-refractivity contribution < 1.29 is 38.6 Å².